The number of hydrogen-bond donors (Lipinski definition) is 3. The molecule has 0 spiro atoms. The fraction of sp³-hybridized carbons (Fsp3) is 0.615. The number of alkyl carbamates (subject to hydrolysis) is 1. The topological polar surface area (TPSA) is 78.8 Å². The van der Waals surface area contributed by atoms with Crippen LogP contribution in [0, 0.1) is 0 Å². The van der Waals surface area contributed by atoms with Crippen LogP contribution in [0.25, 0.3) is 0 Å². The molecule has 3 N–H and O–H groups in total. The van der Waals surface area contributed by atoms with E-state index in [4.69, 9.17) is 16.3 Å². The number of carbonyl (C=O) groups excluding carboxylic acids is 1. The van der Waals surface area contributed by atoms with Crippen LogP contribution in [0.5, 0.6) is 0 Å². The number of rotatable bonds is 5. The molecule has 0 saturated carbocycles. The van der Waals surface area contributed by atoms with Crippen molar-refractivity contribution < 1.29 is 19.7 Å². The fourth-order valence-electron chi connectivity index (χ4n) is 1.47. The summed E-state index contributed by atoms with van der Waals surface area (Å²) in [5.74, 6) is 0. The summed E-state index contributed by atoms with van der Waals surface area (Å²) in [6.07, 6.45) is -2.30. The van der Waals surface area contributed by atoms with Crippen molar-refractivity contribution in [2.45, 2.75) is 45.0 Å². The molecule has 114 valence electrons. The number of amides is 1. The van der Waals surface area contributed by atoms with E-state index in [1.807, 2.05) is 0 Å². The lowest BCUT2D eigenvalue weighted by Crippen LogP contribution is -2.34. The van der Waals surface area contributed by atoms with Gasteiger partial charge in [0.15, 0.2) is 0 Å². The van der Waals surface area contributed by atoms with E-state index in [0.717, 1.165) is 0 Å². The van der Waals surface area contributed by atoms with E-state index in [9.17, 15) is 15.0 Å². The van der Waals surface area contributed by atoms with E-state index in [0.29, 0.717) is 9.21 Å². The molecule has 7 heteroatoms. The zero-order chi connectivity index (χ0) is 15.3. The fourth-order valence-corrected chi connectivity index (χ4v) is 2.58. The van der Waals surface area contributed by atoms with Gasteiger partial charge in [-0.25, -0.2) is 4.79 Å². The van der Waals surface area contributed by atoms with Gasteiger partial charge in [-0.1, -0.05) is 11.6 Å². The third-order valence-electron chi connectivity index (χ3n) is 2.36. The van der Waals surface area contributed by atoms with Gasteiger partial charge in [0.2, 0.25) is 0 Å². The maximum Gasteiger partial charge on any atom is 0.407 e. The van der Waals surface area contributed by atoms with Crippen LogP contribution in [-0.4, -0.2) is 34.6 Å². The van der Waals surface area contributed by atoms with Crippen LogP contribution in [0.2, 0.25) is 4.34 Å². The minimum absolute atomic E-state index is 0.215. The van der Waals surface area contributed by atoms with Crippen LogP contribution >= 0.6 is 22.9 Å². The van der Waals surface area contributed by atoms with Crippen LogP contribution < -0.4 is 5.32 Å². The Bertz CT molecular complexity index is 444. The van der Waals surface area contributed by atoms with E-state index in [1.54, 1.807) is 32.9 Å². The van der Waals surface area contributed by atoms with Gasteiger partial charge in [0.05, 0.1) is 10.4 Å². The van der Waals surface area contributed by atoms with Crippen molar-refractivity contribution in [3.8, 4) is 0 Å². The van der Waals surface area contributed by atoms with E-state index in [1.165, 1.54) is 11.3 Å². The lowest BCUT2D eigenvalue weighted by molar-refractivity contribution is 0.0143. The highest BCUT2D eigenvalue weighted by atomic mass is 35.5. The van der Waals surface area contributed by atoms with E-state index < -0.39 is 23.9 Å². The van der Waals surface area contributed by atoms with Gasteiger partial charge in [-0.15, -0.1) is 11.3 Å². The zero-order valence-electron chi connectivity index (χ0n) is 11.7. The quantitative estimate of drug-likeness (QED) is 0.779. The van der Waals surface area contributed by atoms with Crippen LogP contribution in [0.1, 0.15) is 38.2 Å². The molecule has 20 heavy (non-hydrogen) atoms. The summed E-state index contributed by atoms with van der Waals surface area (Å²) >= 11 is 6.98. The van der Waals surface area contributed by atoms with E-state index in [-0.39, 0.29) is 13.0 Å². The van der Waals surface area contributed by atoms with Crippen molar-refractivity contribution in [1.82, 2.24) is 5.32 Å². The molecule has 0 aliphatic carbocycles. The molecule has 1 aromatic rings. The molecule has 0 aromatic carbocycles. The first-order valence-corrected chi connectivity index (χ1v) is 7.46. The molecule has 1 aromatic heterocycles. The summed E-state index contributed by atoms with van der Waals surface area (Å²) in [5, 5.41) is 22.3. The summed E-state index contributed by atoms with van der Waals surface area (Å²) in [6.45, 7) is 5.52. The van der Waals surface area contributed by atoms with Crippen LogP contribution in [0.4, 0.5) is 4.79 Å². The molecule has 2 unspecified atom stereocenters. The van der Waals surface area contributed by atoms with Crippen LogP contribution in [0.3, 0.4) is 0 Å². The molecule has 0 saturated heterocycles. The monoisotopic (exact) mass is 321 g/mol. The Hall–Kier alpha value is -0.820. The Morgan fingerprint density at radius 2 is 2.10 bits per heavy atom. The maximum atomic E-state index is 11.4. The smallest absolute Gasteiger partial charge is 0.407 e. The molecule has 0 bridgehead atoms. The molecular formula is C13H20ClNO4S. The maximum absolute atomic E-state index is 11.4. The largest absolute Gasteiger partial charge is 0.444 e. The van der Waals surface area contributed by atoms with Gasteiger partial charge in [-0.3, -0.25) is 0 Å². The number of aliphatic hydroxyl groups excluding tert-OH is 2. The summed E-state index contributed by atoms with van der Waals surface area (Å²) in [6, 6.07) is 3.33. The second-order valence-corrected chi connectivity index (χ2v) is 7.12. The minimum atomic E-state index is -1.01. The predicted octanol–water partition coefficient (Wildman–Crippen LogP) is 2.71. The Balaban J connectivity index is 2.33. The van der Waals surface area contributed by atoms with Crippen molar-refractivity contribution in [3.63, 3.8) is 0 Å². The third-order valence-corrected chi connectivity index (χ3v) is 3.66. The summed E-state index contributed by atoms with van der Waals surface area (Å²) in [4.78, 5) is 12.0. The number of halogens is 1. The van der Waals surface area contributed by atoms with Gasteiger partial charge < -0.3 is 20.3 Å². The second-order valence-electron chi connectivity index (χ2n) is 5.37. The van der Waals surface area contributed by atoms with Crippen LogP contribution in [0.15, 0.2) is 12.1 Å². The summed E-state index contributed by atoms with van der Waals surface area (Å²) in [7, 11) is 0. The minimum Gasteiger partial charge on any atom is -0.444 e. The van der Waals surface area contributed by atoms with Crippen LogP contribution in [-0.2, 0) is 4.74 Å². The van der Waals surface area contributed by atoms with Gasteiger partial charge in [0.1, 0.15) is 11.7 Å². The van der Waals surface area contributed by atoms with Gasteiger partial charge in [0, 0.05) is 11.4 Å². The van der Waals surface area contributed by atoms with Crippen molar-refractivity contribution in [1.29, 1.82) is 0 Å². The second kappa shape index (κ2) is 7.26. The molecule has 1 amide bonds. The Morgan fingerprint density at radius 1 is 1.45 bits per heavy atom. The SMILES string of the molecule is CC(C)(C)OC(=O)NCCC(O)C(O)c1ccc(Cl)s1. The Kier molecular flexibility index (Phi) is 6.26. The van der Waals surface area contributed by atoms with Crippen molar-refractivity contribution in [2.24, 2.45) is 0 Å². The molecule has 5 nitrogen and oxygen atoms in total. The summed E-state index contributed by atoms with van der Waals surface area (Å²) < 4.78 is 5.61. The molecular weight excluding hydrogens is 302 g/mol. The van der Waals surface area contributed by atoms with Crippen molar-refractivity contribution in [2.75, 3.05) is 6.54 Å². The van der Waals surface area contributed by atoms with Crippen molar-refractivity contribution in [3.05, 3.63) is 21.3 Å². The highest BCUT2D eigenvalue weighted by molar-refractivity contribution is 7.16. The van der Waals surface area contributed by atoms with Gasteiger partial charge in [-0.05, 0) is 39.3 Å². The molecule has 2 atom stereocenters. The Labute approximate surface area is 127 Å². The molecule has 0 fully saturated rings. The van der Waals surface area contributed by atoms with E-state index >= 15 is 0 Å². The zero-order valence-corrected chi connectivity index (χ0v) is 13.3. The highest BCUT2D eigenvalue weighted by Gasteiger charge is 2.21. The normalized spacial score (nSPS) is 14.7. The summed E-state index contributed by atoms with van der Waals surface area (Å²) in [5.41, 5.74) is -0.560. The number of nitrogens with one attached hydrogen (secondary N) is 1. The number of carbonyl (C=O) groups is 1. The van der Waals surface area contributed by atoms with Gasteiger partial charge >= 0.3 is 6.09 Å². The first-order chi connectivity index (χ1) is 9.19. The Morgan fingerprint density at radius 3 is 2.60 bits per heavy atom. The first kappa shape index (κ1) is 17.2. The van der Waals surface area contributed by atoms with Gasteiger partial charge in [-0.2, -0.15) is 0 Å². The number of hydrogen-bond acceptors (Lipinski definition) is 5. The van der Waals surface area contributed by atoms with E-state index in [2.05, 4.69) is 5.32 Å². The average molecular weight is 322 g/mol. The number of aliphatic hydroxyl groups is 2. The lowest BCUT2D eigenvalue weighted by Gasteiger charge is -2.20. The standard InChI is InChI=1S/C13H20ClNO4S/c1-13(2,3)19-12(18)15-7-6-8(16)11(17)9-4-5-10(14)20-9/h4-5,8,11,16-17H,6-7H2,1-3H3,(H,15,18). The highest BCUT2D eigenvalue weighted by Crippen LogP contribution is 2.29. The molecule has 0 radical (unpaired) electrons. The molecule has 1 heterocycles. The number of ether oxygens (including phenoxy) is 1. The third kappa shape index (κ3) is 6.09. The van der Waals surface area contributed by atoms with Crippen molar-refractivity contribution >= 4 is 29.0 Å². The predicted molar refractivity (Wildman–Crippen MR) is 79.1 cm³/mol. The molecule has 0 aliphatic rings. The molecule has 1 rings (SSSR count). The van der Waals surface area contributed by atoms with Gasteiger partial charge in [0.25, 0.3) is 0 Å². The average Bonchev–Trinajstić information content (AvgIpc) is 2.72. The first-order valence-electron chi connectivity index (χ1n) is 6.27. The lowest BCUT2D eigenvalue weighted by atomic mass is 10.1. The number of thiophene rings is 1. The molecule has 0 aliphatic heterocycles.